The van der Waals surface area contributed by atoms with Gasteiger partial charge in [-0.1, -0.05) is 76.5 Å². The Bertz CT molecular complexity index is 479. The van der Waals surface area contributed by atoms with E-state index in [2.05, 4.69) is 10.6 Å². The first-order chi connectivity index (χ1) is 9.15. The lowest BCUT2D eigenvalue weighted by Gasteiger charge is -2.28. The first-order valence-corrected chi connectivity index (χ1v) is 7.69. The van der Waals surface area contributed by atoms with Gasteiger partial charge < -0.3 is 10.6 Å². The van der Waals surface area contributed by atoms with Crippen molar-refractivity contribution in [2.45, 2.75) is 23.3 Å². The summed E-state index contributed by atoms with van der Waals surface area (Å²) in [5, 5.41) is 6.18. The van der Waals surface area contributed by atoms with Gasteiger partial charge in [-0.05, 0) is 12.1 Å². The quantitative estimate of drug-likeness (QED) is 0.535. The van der Waals surface area contributed by atoms with Gasteiger partial charge in [0.2, 0.25) is 9.70 Å². The Morgan fingerprint density at radius 1 is 1.20 bits per heavy atom. The molecule has 3 nitrogen and oxygen atoms in total. The molecule has 0 aliphatic rings. The van der Waals surface area contributed by atoms with E-state index >= 15 is 0 Å². The third-order valence-corrected chi connectivity index (χ3v) is 3.72. The lowest BCUT2D eigenvalue weighted by atomic mass is 10.3. The van der Waals surface area contributed by atoms with Crippen molar-refractivity contribution in [1.82, 2.24) is 5.32 Å². The molecule has 0 aromatic heterocycles. The summed E-state index contributed by atoms with van der Waals surface area (Å²) in [6.45, 7) is 1.67. The molecule has 9 heteroatoms. The van der Waals surface area contributed by atoms with Gasteiger partial charge in [0.15, 0.2) is 0 Å². The van der Waals surface area contributed by atoms with Gasteiger partial charge >= 0.3 is 0 Å². The van der Waals surface area contributed by atoms with Crippen LogP contribution in [0, 0.1) is 0 Å². The summed E-state index contributed by atoms with van der Waals surface area (Å²) in [5.41, 5.74) is 0.311. The predicted molar refractivity (Wildman–Crippen MR) is 87.6 cm³/mol. The standard InChI is InChI=1S/C11H10Cl6N2O/c1-2-8(20)18-10(11(15,16)17)19-9-6(13)3-5(12)4-7(9)14/h3-4,10,19H,2H2,1H3,(H,18,20)/t10-/m0/s1. The number of benzene rings is 1. The van der Waals surface area contributed by atoms with Crippen LogP contribution < -0.4 is 10.6 Å². The summed E-state index contributed by atoms with van der Waals surface area (Å²) in [5.74, 6) is -0.296. The van der Waals surface area contributed by atoms with Crippen molar-refractivity contribution in [3.05, 3.63) is 27.2 Å². The summed E-state index contributed by atoms with van der Waals surface area (Å²) in [4.78, 5) is 11.5. The number of hydrogen-bond acceptors (Lipinski definition) is 2. The Morgan fingerprint density at radius 3 is 2.10 bits per heavy atom. The number of hydrogen-bond donors (Lipinski definition) is 2. The van der Waals surface area contributed by atoms with E-state index in [0.717, 1.165) is 0 Å². The molecule has 0 bridgehead atoms. The third-order valence-electron chi connectivity index (χ3n) is 2.25. The zero-order valence-electron chi connectivity index (χ0n) is 10.1. The molecule has 0 heterocycles. The van der Waals surface area contributed by atoms with E-state index in [1.54, 1.807) is 6.92 Å². The highest BCUT2D eigenvalue weighted by Gasteiger charge is 2.34. The monoisotopic (exact) mass is 396 g/mol. The fraction of sp³-hybridized carbons (Fsp3) is 0.364. The Balaban J connectivity index is 3.04. The number of halogens is 6. The van der Waals surface area contributed by atoms with Crippen molar-refractivity contribution in [3.8, 4) is 0 Å². The summed E-state index contributed by atoms with van der Waals surface area (Å²) >= 11 is 35.3. The van der Waals surface area contributed by atoms with Gasteiger partial charge in [-0.15, -0.1) is 0 Å². The fourth-order valence-electron chi connectivity index (χ4n) is 1.29. The number of carbonyl (C=O) groups excluding carboxylic acids is 1. The van der Waals surface area contributed by atoms with Crippen molar-refractivity contribution in [2.75, 3.05) is 5.32 Å². The van der Waals surface area contributed by atoms with E-state index in [1.165, 1.54) is 12.1 Å². The zero-order valence-corrected chi connectivity index (χ0v) is 14.7. The predicted octanol–water partition coefficient (Wildman–Crippen LogP) is 5.28. The van der Waals surface area contributed by atoms with Crippen LogP contribution in [0.5, 0.6) is 0 Å². The van der Waals surface area contributed by atoms with Crippen LogP contribution in [-0.4, -0.2) is 15.9 Å². The normalized spacial score (nSPS) is 12.9. The molecule has 1 rings (SSSR count). The van der Waals surface area contributed by atoms with Gasteiger partial charge in [0.1, 0.15) is 6.17 Å². The van der Waals surface area contributed by atoms with Crippen molar-refractivity contribution in [2.24, 2.45) is 0 Å². The van der Waals surface area contributed by atoms with Crippen LogP contribution in [-0.2, 0) is 4.79 Å². The van der Waals surface area contributed by atoms with Gasteiger partial charge in [-0.25, -0.2) is 0 Å². The minimum Gasteiger partial charge on any atom is -0.359 e. The fourth-order valence-corrected chi connectivity index (χ4v) is 2.54. The van der Waals surface area contributed by atoms with Gasteiger partial charge in [-0.3, -0.25) is 4.79 Å². The zero-order chi connectivity index (χ0) is 15.5. The maximum atomic E-state index is 11.5. The van der Waals surface area contributed by atoms with Gasteiger partial charge in [-0.2, -0.15) is 0 Å². The molecule has 1 atom stereocenters. The van der Waals surface area contributed by atoms with E-state index in [0.29, 0.717) is 10.7 Å². The molecule has 0 aliphatic carbocycles. The number of rotatable bonds is 4. The average molecular weight is 399 g/mol. The molecule has 0 radical (unpaired) electrons. The second-order valence-corrected chi connectivity index (χ2v) is 7.40. The topological polar surface area (TPSA) is 41.1 Å². The van der Waals surface area contributed by atoms with Gasteiger partial charge in [0.25, 0.3) is 0 Å². The van der Waals surface area contributed by atoms with E-state index in [4.69, 9.17) is 69.6 Å². The highest BCUT2D eigenvalue weighted by atomic mass is 35.6. The SMILES string of the molecule is CCC(=O)N[C@@H](Nc1c(Cl)cc(Cl)cc1Cl)C(Cl)(Cl)Cl. The van der Waals surface area contributed by atoms with Crippen LogP contribution in [0.25, 0.3) is 0 Å². The summed E-state index contributed by atoms with van der Waals surface area (Å²) in [7, 11) is 0. The first kappa shape index (κ1) is 18.3. The highest BCUT2D eigenvalue weighted by molar-refractivity contribution is 6.68. The van der Waals surface area contributed by atoms with E-state index < -0.39 is 9.96 Å². The molecule has 0 unspecified atom stereocenters. The molecule has 0 fully saturated rings. The molecule has 0 spiro atoms. The molecule has 0 saturated carbocycles. The molecule has 1 aromatic carbocycles. The molecular weight excluding hydrogens is 389 g/mol. The Labute approximate surface area is 146 Å². The van der Waals surface area contributed by atoms with Crippen LogP contribution in [0.3, 0.4) is 0 Å². The first-order valence-electron chi connectivity index (χ1n) is 5.42. The van der Waals surface area contributed by atoms with Gasteiger partial charge in [0.05, 0.1) is 15.7 Å². The summed E-state index contributed by atoms with van der Waals surface area (Å²) in [6, 6.07) is 2.96. The van der Waals surface area contributed by atoms with E-state index in [-0.39, 0.29) is 22.4 Å². The van der Waals surface area contributed by atoms with E-state index in [9.17, 15) is 4.79 Å². The van der Waals surface area contributed by atoms with Crippen molar-refractivity contribution < 1.29 is 4.79 Å². The van der Waals surface area contributed by atoms with Crippen LogP contribution >= 0.6 is 69.6 Å². The molecular formula is C11H10Cl6N2O. The molecule has 0 saturated heterocycles. The molecule has 1 aromatic rings. The smallest absolute Gasteiger partial charge is 0.228 e. The maximum Gasteiger partial charge on any atom is 0.228 e. The largest absolute Gasteiger partial charge is 0.359 e. The van der Waals surface area contributed by atoms with E-state index in [1.807, 2.05) is 0 Å². The van der Waals surface area contributed by atoms with Crippen LogP contribution in [0.15, 0.2) is 12.1 Å². The molecule has 2 N–H and O–H groups in total. The molecule has 112 valence electrons. The lowest BCUT2D eigenvalue weighted by Crippen LogP contribution is -2.49. The Morgan fingerprint density at radius 2 is 1.70 bits per heavy atom. The second-order valence-electron chi connectivity index (χ2n) is 3.78. The molecule has 1 amide bonds. The maximum absolute atomic E-state index is 11.5. The van der Waals surface area contributed by atoms with Gasteiger partial charge in [0, 0.05) is 11.4 Å². The lowest BCUT2D eigenvalue weighted by molar-refractivity contribution is -0.121. The number of alkyl halides is 3. The number of nitrogens with one attached hydrogen (secondary N) is 2. The minimum absolute atomic E-state index is 0.237. The highest BCUT2D eigenvalue weighted by Crippen LogP contribution is 2.37. The molecule has 20 heavy (non-hydrogen) atoms. The van der Waals surface area contributed by atoms with Crippen molar-refractivity contribution in [1.29, 1.82) is 0 Å². The van der Waals surface area contributed by atoms with Crippen LogP contribution in [0.2, 0.25) is 15.1 Å². The third kappa shape index (κ3) is 5.21. The average Bonchev–Trinajstić information content (AvgIpc) is 2.30. The second kappa shape index (κ2) is 7.48. The Kier molecular flexibility index (Phi) is 6.84. The van der Waals surface area contributed by atoms with Crippen molar-refractivity contribution >= 4 is 81.2 Å². The number of carbonyl (C=O) groups is 1. The number of amides is 1. The molecule has 0 aliphatic heterocycles. The van der Waals surface area contributed by atoms with Crippen LogP contribution in [0.4, 0.5) is 5.69 Å². The van der Waals surface area contributed by atoms with Crippen molar-refractivity contribution in [3.63, 3.8) is 0 Å². The van der Waals surface area contributed by atoms with Crippen LogP contribution in [0.1, 0.15) is 13.3 Å². The minimum atomic E-state index is -1.79. The summed E-state index contributed by atoms with van der Waals surface area (Å²) in [6.07, 6.45) is -0.766. The number of anilines is 1. The summed E-state index contributed by atoms with van der Waals surface area (Å²) < 4.78 is -1.79. The Hall–Kier alpha value is 0.230.